The number of hydrogen-bond acceptors (Lipinski definition) is 7. The van der Waals surface area contributed by atoms with Crippen molar-refractivity contribution in [2.24, 2.45) is 0 Å². The Morgan fingerprint density at radius 3 is 2.27 bits per heavy atom. The minimum Gasteiger partial charge on any atom is -0.497 e. The van der Waals surface area contributed by atoms with Crippen molar-refractivity contribution in [3.05, 3.63) is 59.3 Å². The zero-order chi connectivity index (χ0) is 29.2. The highest BCUT2D eigenvalue weighted by Crippen LogP contribution is 2.51. The molecule has 0 spiro atoms. The average molecular weight is 567 g/mol. The van der Waals surface area contributed by atoms with Gasteiger partial charge in [-0.05, 0) is 56.3 Å². The van der Waals surface area contributed by atoms with Gasteiger partial charge in [0.2, 0.25) is 11.8 Å². The van der Waals surface area contributed by atoms with E-state index in [0.717, 1.165) is 22.5 Å². The number of carbonyl (C=O) groups is 2. The van der Waals surface area contributed by atoms with E-state index in [2.05, 4.69) is 26.1 Å². The minimum absolute atomic E-state index is 0.0612. The fraction of sp³-hybridized carbons (Fsp3) is 0.433. The van der Waals surface area contributed by atoms with Crippen LogP contribution in [0.5, 0.6) is 17.2 Å². The number of amides is 2. The summed E-state index contributed by atoms with van der Waals surface area (Å²) in [6.45, 7) is 9.96. The van der Waals surface area contributed by atoms with Crippen molar-refractivity contribution in [3.8, 4) is 22.9 Å². The molecule has 10 heteroatoms. The van der Waals surface area contributed by atoms with Crippen molar-refractivity contribution in [1.29, 1.82) is 0 Å². The highest BCUT2D eigenvalue weighted by Gasteiger charge is 2.41. The van der Waals surface area contributed by atoms with Crippen molar-refractivity contribution >= 4 is 29.4 Å². The number of carbonyl (C=O) groups excluding carboxylic acids is 2. The molecule has 2 heterocycles. The number of nitrogens with zero attached hydrogens (tertiary/aromatic N) is 3. The van der Waals surface area contributed by atoms with Gasteiger partial charge in [-0.2, -0.15) is 5.10 Å². The first-order valence-electron chi connectivity index (χ1n) is 13.2. The lowest BCUT2D eigenvalue weighted by Crippen LogP contribution is -2.44. The van der Waals surface area contributed by atoms with Gasteiger partial charge >= 0.3 is 0 Å². The van der Waals surface area contributed by atoms with Gasteiger partial charge in [-0.25, -0.2) is 4.68 Å². The maximum Gasteiger partial charge on any atom is 0.240 e. The van der Waals surface area contributed by atoms with E-state index in [-0.39, 0.29) is 40.8 Å². The molecule has 0 fully saturated rings. The lowest BCUT2D eigenvalue weighted by Gasteiger charge is -2.25. The Bertz CT molecular complexity index is 1380. The first kappa shape index (κ1) is 29.3. The van der Waals surface area contributed by atoms with E-state index < -0.39 is 0 Å². The Morgan fingerprint density at radius 1 is 1.05 bits per heavy atom. The Morgan fingerprint density at radius 2 is 1.70 bits per heavy atom. The quantitative estimate of drug-likeness (QED) is 0.415. The number of methoxy groups -OCH3 is 3. The molecule has 214 valence electrons. The van der Waals surface area contributed by atoms with E-state index in [1.165, 1.54) is 11.8 Å². The van der Waals surface area contributed by atoms with Crippen LogP contribution in [-0.4, -0.2) is 61.3 Å². The molecule has 0 saturated heterocycles. The number of benzene rings is 2. The summed E-state index contributed by atoms with van der Waals surface area (Å²) in [5.41, 5.74) is 2.92. The predicted octanol–water partition coefficient (Wildman–Crippen LogP) is 4.89. The van der Waals surface area contributed by atoms with Crippen molar-refractivity contribution < 1.29 is 23.8 Å². The number of fused-ring (bicyclic) bond motifs is 1. The molecular weight excluding hydrogens is 528 g/mol. The molecule has 1 aliphatic rings. The van der Waals surface area contributed by atoms with E-state index in [9.17, 15) is 9.59 Å². The molecule has 2 amide bonds. The second kappa shape index (κ2) is 11.8. The number of thioether (sulfide) groups is 1. The third-order valence-corrected chi connectivity index (χ3v) is 7.82. The van der Waals surface area contributed by atoms with Gasteiger partial charge in [0.15, 0.2) is 0 Å². The maximum absolute atomic E-state index is 13.8. The van der Waals surface area contributed by atoms with Crippen LogP contribution in [0.2, 0.25) is 0 Å². The van der Waals surface area contributed by atoms with E-state index >= 15 is 0 Å². The van der Waals surface area contributed by atoms with E-state index in [1.807, 2.05) is 56.3 Å². The molecule has 0 bridgehead atoms. The van der Waals surface area contributed by atoms with Gasteiger partial charge in [0.25, 0.3) is 0 Å². The predicted molar refractivity (Wildman–Crippen MR) is 158 cm³/mol. The molecule has 0 aliphatic carbocycles. The molecule has 9 nitrogen and oxygen atoms in total. The summed E-state index contributed by atoms with van der Waals surface area (Å²) in [7, 11) is 4.87. The molecule has 1 N–H and O–H groups in total. The van der Waals surface area contributed by atoms with E-state index in [0.29, 0.717) is 23.1 Å². The Kier molecular flexibility index (Phi) is 8.68. The number of ether oxygens (including phenoxy) is 3. The van der Waals surface area contributed by atoms with Crippen LogP contribution in [0.1, 0.15) is 56.7 Å². The number of aromatic nitrogens is 2. The number of hydrogen-bond donors (Lipinski definition) is 1. The molecule has 2 aromatic carbocycles. The number of anilines is 1. The van der Waals surface area contributed by atoms with Crippen molar-refractivity contribution in [3.63, 3.8) is 0 Å². The fourth-order valence-electron chi connectivity index (χ4n) is 4.78. The standard InChI is InChI=1S/C30H38N4O5S/c1-18(2)31-24(35)16-33-25(36)17-40-27(22-15-21(38-7)13-14-23(22)39-8)26-28(30(3,4)5)32-34(29(26)33)19-9-11-20(37-6)12-10-19/h9-15,18,27H,16-17H2,1-8H3,(H,31,35)/t27-/m1/s1. The Balaban J connectivity index is 2.04. The average Bonchev–Trinajstić information content (AvgIpc) is 3.26. The first-order chi connectivity index (χ1) is 19.0. The van der Waals surface area contributed by atoms with Gasteiger partial charge in [0.05, 0.1) is 43.7 Å². The zero-order valence-corrected chi connectivity index (χ0v) is 25.2. The molecule has 0 radical (unpaired) electrons. The normalized spacial score (nSPS) is 15.5. The Hall–Kier alpha value is -3.66. The van der Waals surface area contributed by atoms with Crippen molar-refractivity contribution in [2.75, 3.05) is 38.5 Å². The Labute approximate surface area is 240 Å². The summed E-state index contributed by atoms with van der Waals surface area (Å²) in [6.07, 6.45) is 0. The van der Waals surface area contributed by atoms with Crippen LogP contribution < -0.4 is 24.4 Å². The molecule has 1 aromatic heterocycles. The van der Waals surface area contributed by atoms with E-state index in [1.54, 1.807) is 30.9 Å². The first-order valence-corrected chi connectivity index (χ1v) is 14.2. The molecule has 1 aliphatic heterocycles. The summed E-state index contributed by atoms with van der Waals surface area (Å²) in [5, 5.41) is 7.73. The van der Waals surface area contributed by atoms with Crippen molar-refractivity contribution in [2.45, 2.75) is 51.3 Å². The van der Waals surface area contributed by atoms with Gasteiger partial charge < -0.3 is 19.5 Å². The lowest BCUT2D eigenvalue weighted by atomic mass is 9.87. The smallest absolute Gasteiger partial charge is 0.240 e. The molecule has 4 rings (SSSR count). The van der Waals surface area contributed by atoms with Gasteiger partial charge in [-0.3, -0.25) is 14.5 Å². The van der Waals surface area contributed by atoms with Crippen LogP contribution in [0.25, 0.3) is 5.69 Å². The SMILES string of the molecule is COc1ccc(-n2nc(C(C)(C)C)c3c2N(CC(=O)NC(C)C)C(=O)CS[C@@H]3c2cc(OC)ccc2OC)cc1. The summed E-state index contributed by atoms with van der Waals surface area (Å²) in [4.78, 5) is 28.4. The van der Waals surface area contributed by atoms with E-state index in [4.69, 9.17) is 19.3 Å². The van der Waals surface area contributed by atoms with Crippen LogP contribution in [0.4, 0.5) is 5.82 Å². The third kappa shape index (κ3) is 5.91. The molecular formula is C30H38N4O5S. The van der Waals surface area contributed by atoms with Crippen LogP contribution in [0.15, 0.2) is 42.5 Å². The number of rotatable bonds is 8. The molecule has 3 aromatic rings. The van der Waals surface area contributed by atoms with Crippen molar-refractivity contribution in [1.82, 2.24) is 15.1 Å². The summed E-state index contributed by atoms with van der Waals surface area (Å²) in [6, 6.07) is 13.1. The second-order valence-electron chi connectivity index (χ2n) is 10.9. The van der Waals surface area contributed by atoms with Crippen LogP contribution >= 0.6 is 11.8 Å². The number of nitrogens with one attached hydrogen (secondary N) is 1. The highest BCUT2D eigenvalue weighted by atomic mass is 32.2. The topological polar surface area (TPSA) is 94.9 Å². The highest BCUT2D eigenvalue weighted by molar-refractivity contribution is 8.00. The fourth-order valence-corrected chi connectivity index (χ4v) is 5.99. The summed E-state index contributed by atoms with van der Waals surface area (Å²) >= 11 is 1.49. The molecule has 40 heavy (non-hydrogen) atoms. The molecule has 1 atom stereocenters. The molecule has 0 unspecified atom stereocenters. The second-order valence-corrected chi connectivity index (χ2v) is 12.0. The zero-order valence-electron chi connectivity index (χ0n) is 24.4. The van der Waals surface area contributed by atoms with Gasteiger partial charge in [-0.15, -0.1) is 11.8 Å². The monoisotopic (exact) mass is 566 g/mol. The third-order valence-electron chi connectivity index (χ3n) is 6.59. The minimum atomic E-state index is -0.383. The van der Waals surface area contributed by atoms with Gasteiger partial charge in [-0.1, -0.05) is 20.8 Å². The molecule has 0 saturated carbocycles. The van der Waals surface area contributed by atoms with Gasteiger partial charge in [0, 0.05) is 22.6 Å². The van der Waals surface area contributed by atoms with Crippen LogP contribution in [0.3, 0.4) is 0 Å². The summed E-state index contributed by atoms with van der Waals surface area (Å²) < 4.78 is 18.5. The maximum atomic E-state index is 13.8. The van der Waals surface area contributed by atoms with Crippen LogP contribution in [-0.2, 0) is 15.0 Å². The largest absolute Gasteiger partial charge is 0.497 e. The van der Waals surface area contributed by atoms with Crippen LogP contribution in [0, 0.1) is 0 Å². The lowest BCUT2D eigenvalue weighted by molar-refractivity contribution is -0.123. The van der Waals surface area contributed by atoms with Gasteiger partial charge in [0.1, 0.15) is 29.6 Å². The summed E-state index contributed by atoms with van der Waals surface area (Å²) in [5.74, 6) is 2.39.